The number of hydrogen-bond acceptors (Lipinski definition) is 4. The Labute approximate surface area is 127 Å². The second kappa shape index (κ2) is 7.06. The van der Waals surface area contributed by atoms with Gasteiger partial charge in [0.2, 0.25) is 0 Å². The third-order valence-corrected chi connectivity index (χ3v) is 3.26. The zero-order valence-corrected chi connectivity index (χ0v) is 12.2. The fourth-order valence-electron chi connectivity index (χ4n) is 2.04. The summed E-state index contributed by atoms with van der Waals surface area (Å²) in [6.45, 7) is 0.383. The van der Waals surface area contributed by atoms with Gasteiger partial charge >= 0.3 is 0 Å². The summed E-state index contributed by atoms with van der Waals surface area (Å²) < 4.78 is 5.20. The van der Waals surface area contributed by atoms with Gasteiger partial charge in [0.25, 0.3) is 5.69 Å². The first-order valence-electron chi connectivity index (χ1n) is 6.36. The Morgan fingerprint density at radius 2 is 2.00 bits per heavy atom. The summed E-state index contributed by atoms with van der Waals surface area (Å²) in [5.41, 5.74) is 1.34. The van der Waals surface area contributed by atoms with Gasteiger partial charge in [-0.3, -0.25) is 10.1 Å². The lowest BCUT2D eigenvalue weighted by atomic mass is 10.1. The molecule has 0 saturated heterocycles. The van der Waals surface area contributed by atoms with Crippen LogP contribution >= 0.6 is 11.6 Å². The fourth-order valence-corrected chi connectivity index (χ4v) is 2.22. The van der Waals surface area contributed by atoms with Gasteiger partial charge in [-0.2, -0.15) is 0 Å². The standard InChI is InChI=1S/C15H15ClN2O3/c1-21-10-14(11-5-3-2-4-6-11)17-13-9-12(16)7-8-15(13)18(19)20/h2-9,14,17H,10H2,1H3. The number of benzene rings is 2. The molecule has 0 spiro atoms. The average molecular weight is 307 g/mol. The number of methoxy groups -OCH3 is 1. The van der Waals surface area contributed by atoms with Crippen LogP contribution < -0.4 is 5.32 Å². The molecule has 0 fully saturated rings. The lowest BCUT2D eigenvalue weighted by Gasteiger charge is -2.19. The number of rotatable bonds is 6. The molecule has 0 heterocycles. The maximum atomic E-state index is 11.1. The summed E-state index contributed by atoms with van der Waals surface area (Å²) >= 11 is 5.93. The van der Waals surface area contributed by atoms with Gasteiger partial charge in [-0.1, -0.05) is 41.9 Å². The van der Waals surface area contributed by atoms with Gasteiger partial charge in [-0.15, -0.1) is 0 Å². The first-order chi connectivity index (χ1) is 10.1. The highest BCUT2D eigenvalue weighted by Gasteiger charge is 2.18. The van der Waals surface area contributed by atoms with Crippen LogP contribution in [0.3, 0.4) is 0 Å². The quantitative estimate of drug-likeness (QED) is 0.646. The molecule has 0 saturated carbocycles. The van der Waals surface area contributed by atoms with Crippen molar-refractivity contribution in [2.75, 3.05) is 19.0 Å². The molecular weight excluding hydrogens is 292 g/mol. The minimum Gasteiger partial charge on any atom is -0.382 e. The van der Waals surface area contributed by atoms with Gasteiger partial charge in [-0.05, 0) is 17.7 Å². The van der Waals surface area contributed by atoms with Crippen molar-refractivity contribution in [1.82, 2.24) is 0 Å². The van der Waals surface area contributed by atoms with Crippen LogP contribution in [-0.2, 0) is 4.74 Å². The summed E-state index contributed by atoms with van der Waals surface area (Å²) in [7, 11) is 1.59. The van der Waals surface area contributed by atoms with Crippen molar-refractivity contribution < 1.29 is 9.66 Å². The van der Waals surface area contributed by atoms with Crippen LogP contribution in [0, 0.1) is 10.1 Å². The van der Waals surface area contributed by atoms with E-state index in [0.29, 0.717) is 17.3 Å². The highest BCUT2D eigenvalue weighted by Crippen LogP contribution is 2.31. The zero-order valence-electron chi connectivity index (χ0n) is 11.5. The van der Waals surface area contributed by atoms with Crippen LogP contribution in [0.2, 0.25) is 5.02 Å². The molecule has 0 aromatic heterocycles. The number of ether oxygens (including phenoxy) is 1. The van der Waals surface area contributed by atoms with E-state index in [2.05, 4.69) is 5.32 Å². The van der Waals surface area contributed by atoms with Crippen molar-refractivity contribution in [2.24, 2.45) is 0 Å². The molecule has 5 nitrogen and oxygen atoms in total. The van der Waals surface area contributed by atoms with Crippen molar-refractivity contribution >= 4 is 23.0 Å². The van der Waals surface area contributed by atoms with Crippen LogP contribution in [0.1, 0.15) is 11.6 Å². The van der Waals surface area contributed by atoms with E-state index in [9.17, 15) is 10.1 Å². The second-order valence-corrected chi connectivity index (χ2v) is 4.92. The first kappa shape index (κ1) is 15.3. The summed E-state index contributed by atoms with van der Waals surface area (Å²) in [5.74, 6) is 0. The molecular formula is C15H15ClN2O3. The predicted octanol–water partition coefficient (Wildman–Crippen LogP) is 4.05. The SMILES string of the molecule is COCC(Nc1cc(Cl)ccc1[N+](=O)[O-])c1ccccc1. The Bertz CT molecular complexity index is 620. The van der Waals surface area contributed by atoms with E-state index in [1.807, 2.05) is 30.3 Å². The summed E-state index contributed by atoms with van der Waals surface area (Å²) in [6, 6.07) is 13.8. The molecule has 0 radical (unpaired) electrons. The summed E-state index contributed by atoms with van der Waals surface area (Å²) in [5, 5.41) is 14.7. The van der Waals surface area contributed by atoms with Crippen LogP contribution in [0.25, 0.3) is 0 Å². The van der Waals surface area contributed by atoms with Gasteiger partial charge in [0.05, 0.1) is 17.6 Å². The van der Waals surface area contributed by atoms with Crippen molar-refractivity contribution in [1.29, 1.82) is 0 Å². The number of hydrogen-bond donors (Lipinski definition) is 1. The lowest BCUT2D eigenvalue weighted by Crippen LogP contribution is -2.17. The number of nitro benzene ring substituents is 1. The minimum atomic E-state index is -0.437. The number of nitro groups is 1. The van der Waals surface area contributed by atoms with Crippen LogP contribution in [-0.4, -0.2) is 18.6 Å². The van der Waals surface area contributed by atoms with E-state index in [1.165, 1.54) is 12.1 Å². The first-order valence-corrected chi connectivity index (χ1v) is 6.74. The highest BCUT2D eigenvalue weighted by molar-refractivity contribution is 6.31. The fraction of sp³-hybridized carbons (Fsp3) is 0.200. The van der Waals surface area contributed by atoms with Crippen molar-refractivity contribution in [2.45, 2.75) is 6.04 Å². The number of nitrogens with one attached hydrogen (secondary N) is 1. The van der Waals surface area contributed by atoms with Crippen molar-refractivity contribution in [3.63, 3.8) is 0 Å². The maximum Gasteiger partial charge on any atom is 0.292 e. The molecule has 1 N–H and O–H groups in total. The van der Waals surface area contributed by atoms with E-state index in [4.69, 9.17) is 16.3 Å². The number of nitrogens with zero attached hydrogens (tertiary/aromatic N) is 1. The molecule has 0 bridgehead atoms. The normalized spacial score (nSPS) is 11.9. The smallest absolute Gasteiger partial charge is 0.292 e. The molecule has 2 aromatic rings. The Balaban J connectivity index is 2.33. The third kappa shape index (κ3) is 3.93. The molecule has 0 aliphatic carbocycles. The molecule has 0 aliphatic heterocycles. The van der Waals surface area contributed by atoms with Crippen LogP contribution in [0.4, 0.5) is 11.4 Å². The van der Waals surface area contributed by atoms with Crippen LogP contribution in [0.5, 0.6) is 0 Å². The van der Waals surface area contributed by atoms with E-state index < -0.39 is 4.92 Å². The van der Waals surface area contributed by atoms with Gasteiger partial charge < -0.3 is 10.1 Å². The maximum absolute atomic E-state index is 11.1. The molecule has 6 heteroatoms. The molecule has 110 valence electrons. The Morgan fingerprint density at radius 1 is 1.29 bits per heavy atom. The van der Waals surface area contributed by atoms with Crippen LogP contribution in [0.15, 0.2) is 48.5 Å². The lowest BCUT2D eigenvalue weighted by molar-refractivity contribution is -0.384. The highest BCUT2D eigenvalue weighted by atomic mass is 35.5. The van der Waals surface area contributed by atoms with Crippen molar-refractivity contribution in [3.8, 4) is 0 Å². The molecule has 0 amide bonds. The topological polar surface area (TPSA) is 64.4 Å². The number of anilines is 1. The Morgan fingerprint density at radius 3 is 2.62 bits per heavy atom. The van der Waals surface area contributed by atoms with Crippen molar-refractivity contribution in [3.05, 3.63) is 69.2 Å². The monoisotopic (exact) mass is 306 g/mol. The van der Waals surface area contributed by atoms with E-state index in [0.717, 1.165) is 5.56 Å². The van der Waals surface area contributed by atoms with Gasteiger partial charge in [0.15, 0.2) is 0 Å². The largest absolute Gasteiger partial charge is 0.382 e. The van der Waals surface area contributed by atoms with Gasteiger partial charge in [-0.25, -0.2) is 0 Å². The predicted molar refractivity (Wildman–Crippen MR) is 82.8 cm³/mol. The van der Waals surface area contributed by atoms with Gasteiger partial charge in [0, 0.05) is 18.2 Å². The minimum absolute atomic E-state index is 0.0172. The summed E-state index contributed by atoms with van der Waals surface area (Å²) in [4.78, 5) is 10.7. The molecule has 0 aliphatic rings. The summed E-state index contributed by atoms with van der Waals surface area (Å²) in [6.07, 6.45) is 0. The molecule has 2 aromatic carbocycles. The van der Waals surface area contributed by atoms with E-state index >= 15 is 0 Å². The molecule has 21 heavy (non-hydrogen) atoms. The molecule has 1 unspecified atom stereocenters. The zero-order chi connectivity index (χ0) is 15.2. The van der Waals surface area contributed by atoms with Gasteiger partial charge in [0.1, 0.15) is 5.69 Å². The third-order valence-electron chi connectivity index (χ3n) is 3.02. The molecule has 2 rings (SSSR count). The molecule has 1 atom stereocenters. The Kier molecular flexibility index (Phi) is 5.14. The number of halogens is 1. The average Bonchev–Trinajstić information content (AvgIpc) is 2.47. The van der Waals surface area contributed by atoms with E-state index in [-0.39, 0.29) is 11.7 Å². The van der Waals surface area contributed by atoms with E-state index in [1.54, 1.807) is 13.2 Å². The Hall–Kier alpha value is -2.11. The second-order valence-electron chi connectivity index (χ2n) is 4.48.